The SMILES string of the molecule is Cc1cnc(N2C[C@@H]3[C@@H](C2)OCC(=O)N3CC(C)C)nc1.O=C(O)C(F)(F)F. The van der Waals surface area contributed by atoms with Gasteiger partial charge >= 0.3 is 12.1 Å². The Hall–Kier alpha value is -2.43. The molecule has 2 fully saturated rings. The maximum absolute atomic E-state index is 12.1. The zero-order valence-corrected chi connectivity index (χ0v) is 15.8. The lowest BCUT2D eigenvalue weighted by Crippen LogP contribution is -2.55. The van der Waals surface area contributed by atoms with Crippen molar-refractivity contribution in [3.05, 3.63) is 18.0 Å². The number of alkyl halides is 3. The third-order valence-electron chi connectivity index (χ3n) is 4.23. The van der Waals surface area contributed by atoms with E-state index in [2.05, 4.69) is 28.7 Å². The molecule has 3 rings (SSSR count). The molecule has 3 heterocycles. The van der Waals surface area contributed by atoms with Crippen molar-refractivity contribution in [1.82, 2.24) is 14.9 Å². The lowest BCUT2D eigenvalue weighted by atomic mass is 10.1. The van der Waals surface area contributed by atoms with E-state index in [9.17, 15) is 18.0 Å². The number of aliphatic carboxylic acids is 1. The van der Waals surface area contributed by atoms with Crippen molar-refractivity contribution in [2.75, 3.05) is 31.1 Å². The zero-order chi connectivity index (χ0) is 21.1. The number of fused-ring (bicyclic) bond motifs is 1. The summed E-state index contributed by atoms with van der Waals surface area (Å²) in [5, 5.41) is 7.12. The number of carboxylic acid groups (broad SMARTS) is 1. The number of ether oxygens (including phenoxy) is 1. The van der Waals surface area contributed by atoms with E-state index in [4.69, 9.17) is 14.6 Å². The molecule has 2 aliphatic heterocycles. The Labute approximate surface area is 160 Å². The molecule has 156 valence electrons. The predicted molar refractivity (Wildman–Crippen MR) is 92.8 cm³/mol. The number of carboxylic acids is 1. The summed E-state index contributed by atoms with van der Waals surface area (Å²) in [4.78, 5) is 33.9. The molecule has 2 aliphatic rings. The molecule has 8 nitrogen and oxygen atoms in total. The van der Waals surface area contributed by atoms with E-state index < -0.39 is 12.1 Å². The van der Waals surface area contributed by atoms with Crippen LogP contribution in [0.1, 0.15) is 19.4 Å². The van der Waals surface area contributed by atoms with Crippen LogP contribution in [0.5, 0.6) is 0 Å². The Morgan fingerprint density at radius 3 is 2.39 bits per heavy atom. The van der Waals surface area contributed by atoms with Gasteiger partial charge in [0.25, 0.3) is 0 Å². The fourth-order valence-corrected chi connectivity index (χ4v) is 3.01. The molecule has 1 amide bonds. The fraction of sp³-hybridized carbons (Fsp3) is 0.647. The Morgan fingerprint density at radius 2 is 1.89 bits per heavy atom. The van der Waals surface area contributed by atoms with Crippen molar-refractivity contribution < 1.29 is 32.6 Å². The van der Waals surface area contributed by atoms with E-state index in [1.54, 1.807) is 0 Å². The van der Waals surface area contributed by atoms with Crippen molar-refractivity contribution in [3.63, 3.8) is 0 Å². The lowest BCUT2D eigenvalue weighted by Gasteiger charge is -2.37. The summed E-state index contributed by atoms with van der Waals surface area (Å²) in [5.41, 5.74) is 1.04. The van der Waals surface area contributed by atoms with Gasteiger partial charge in [0.05, 0.1) is 12.1 Å². The number of aryl methyl sites for hydroxylation is 1. The highest BCUT2D eigenvalue weighted by Crippen LogP contribution is 2.26. The van der Waals surface area contributed by atoms with Gasteiger partial charge in [-0.25, -0.2) is 14.8 Å². The first-order valence-electron chi connectivity index (χ1n) is 8.73. The Kier molecular flexibility index (Phi) is 6.81. The summed E-state index contributed by atoms with van der Waals surface area (Å²) in [6.07, 6.45) is -1.38. The van der Waals surface area contributed by atoms with Gasteiger partial charge in [-0.3, -0.25) is 4.79 Å². The molecular weight excluding hydrogens is 381 g/mol. The molecule has 0 bridgehead atoms. The molecule has 0 radical (unpaired) electrons. The van der Waals surface area contributed by atoms with E-state index in [0.29, 0.717) is 5.92 Å². The Balaban J connectivity index is 0.000000345. The van der Waals surface area contributed by atoms with Gasteiger partial charge in [0, 0.05) is 32.0 Å². The third kappa shape index (κ3) is 5.54. The molecule has 0 spiro atoms. The number of anilines is 1. The molecule has 2 atom stereocenters. The first kappa shape index (κ1) is 21.9. The number of hydrogen-bond acceptors (Lipinski definition) is 6. The van der Waals surface area contributed by atoms with Crippen LogP contribution < -0.4 is 4.90 Å². The minimum atomic E-state index is -5.08. The summed E-state index contributed by atoms with van der Waals surface area (Å²) >= 11 is 0. The van der Waals surface area contributed by atoms with Crippen molar-refractivity contribution in [2.45, 2.75) is 39.1 Å². The van der Waals surface area contributed by atoms with Crippen molar-refractivity contribution in [3.8, 4) is 0 Å². The van der Waals surface area contributed by atoms with E-state index in [1.807, 2.05) is 24.2 Å². The van der Waals surface area contributed by atoms with Crippen molar-refractivity contribution in [1.29, 1.82) is 0 Å². The van der Waals surface area contributed by atoms with Crippen LogP contribution in [0.2, 0.25) is 0 Å². The largest absolute Gasteiger partial charge is 0.490 e. The summed E-state index contributed by atoms with van der Waals surface area (Å²) in [6.45, 7) is 8.70. The van der Waals surface area contributed by atoms with Crippen LogP contribution in [0, 0.1) is 12.8 Å². The first-order chi connectivity index (χ1) is 13.0. The summed E-state index contributed by atoms with van der Waals surface area (Å²) in [6, 6.07) is 0.110. The second-order valence-corrected chi connectivity index (χ2v) is 7.13. The van der Waals surface area contributed by atoms with Gasteiger partial charge in [0.2, 0.25) is 11.9 Å². The molecular formula is C17H23F3N4O4. The van der Waals surface area contributed by atoms with Gasteiger partial charge < -0.3 is 19.6 Å². The Morgan fingerprint density at radius 1 is 1.32 bits per heavy atom. The third-order valence-corrected chi connectivity index (χ3v) is 4.23. The summed E-state index contributed by atoms with van der Waals surface area (Å²) in [5.74, 6) is -1.49. The molecule has 1 aromatic heterocycles. The van der Waals surface area contributed by atoms with Crippen molar-refractivity contribution >= 4 is 17.8 Å². The van der Waals surface area contributed by atoms with Gasteiger partial charge in [-0.2, -0.15) is 13.2 Å². The Bertz CT molecular complexity index is 697. The topological polar surface area (TPSA) is 95.9 Å². The number of rotatable bonds is 3. The van der Waals surface area contributed by atoms with Crippen LogP contribution in [-0.4, -0.2) is 76.4 Å². The molecule has 0 aliphatic carbocycles. The second-order valence-electron chi connectivity index (χ2n) is 7.13. The second kappa shape index (κ2) is 8.72. The smallest absolute Gasteiger partial charge is 0.475 e. The number of nitrogens with zero attached hydrogens (tertiary/aromatic N) is 4. The predicted octanol–water partition coefficient (Wildman–Crippen LogP) is 1.49. The maximum atomic E-state index is 12.1. The highest BCUT2D eigenvalue weighted by molar-refractivity contribution is 5.79. The molecule has 28 heavy (non-hydrogen) atoms. The highest BCUT2D eigenvalue weighted by Gasteiger charge is 2.44. The van der Waals surface area contributed by atoms with Crippen LogP contribution in [0.3, 0.4) is 0 Å². The van der Waals surface area contributed by atoms with Crippen LogP contribution in [-0.2, 0) is 14.3 Å². The molecule has 1 N–H and O–H groups in total. The molecule has 1 aromatic rings. The number of amides is 1. The summed E-state index contributed by atoms with van der Waals surface area (Å²) < 4.78 is 37.4. The summed E-state index contributed by atoms with van der Waals surface area (Å²) in [7, 11) is 0. The standard InChI is InChI=1S/C15H22N4O2.C2HF3O2/c1-10(2)6-19-12-7-18(8-13(12)21-9-14(19)20)15-16-4-11(3)5-17-15;3-2(4,5)1(6)7/h4-5,10,12-13H,6-9H2,1-3H3;(H,6,7)/t12-,13-;/m1./s1. The van der Waals surface area contributed by atoms with Crippen LogP contribution in [0.4, 0.5) is 19.1 Å². The minimum Gasteiger partial charge on any atom is -0.475 e. The van der Waals surface area contributed by atoms with Crippen molar-refractivity contribution in [2.24, 2.45) is 5.92 Å². The monoisotopic (exact) mass is 404 g/mol. The van der Waals surface area contributed by atoms with Crippen LogP contribution >= 0.6 is 0 Å². The van der Waals surface area contributed by atoms with Gasteiger partial charge in [0.15, 0.2) is 0 Å². The lowest BCUT2D eigenvalue weighted by molar-refractivity contribution is -0.192. The fourth-order valence-electron chi connectivity index (χ4n) is 3.01. The molecule has 11 heteroatoms. The van der Waals surface area contributed by atoms with Gasteiger partial charge in [-0.05, 0) is 18.4 Å². The van der Waals surface area contributed by atoms with Gasteiger partial charge in [-0.1, -0.05) is 13.8 Å². The minimum absolute atomic E-state index is 0.0614. The normalized spacial score (nSPS) is 22.0. The number of aromatic nitrogens is 2. The van der Waals surface area contributed by atoms with Gasteiger partial charge in [0.1, 0.15) is 6.61 Å². The first-order valence-corrected chi connectivity index (χ1v) is 8.73. The number of morpholine rings is 1. The number of halogens is 3. The number of carbonyl (C=O) groups is 2. The molecule has 0 unspecified atom stereocenters. The zero-order valence-electron chi connectivity index (χ0n) is 15.8. The van der Waals surface area contributed by atoms with E-state index in [0.717, 1.165) is 31.1 Å². The molecule has 2 saturated heterocycles. The van der Waals surface area contributed by atoms with E-state index in [-0.39, 0.29) is 24.7 Å². The van der Waals surface area contributed by atoms with Crippen LogP contribution in [0.25, 0.3) is 0 Å². The number of hydrogen-bond donors (Lipinski definition) is 1. The molecule has 0 aromatic carbocycles. The average Bonchev–Trinajstić information content (AvgIpc) is 3.02. The quantitative estimate of drug-likeness (QED) is 0.815. The maximum Gasteiger partial charge on any atom is 0.490 e. The van der Waals surface area contributed by atoms with E-state index in [1.165, 1.54) is 0 Å². The average molecular weight is 404 g/mol. The van der Waals surface area contributed by atoms with Crippen LogP contribution in [0.15, 0.2) is 12.4 Å². The van der Waals surface area contributed by atoms with E-state index >= 15 is 0 Å². The van der Waals surface area contributed by atoms with Gasteiger partial charge in [-0.15, -0.1) is 0 Å². The number of carbonyl (C=O) groups excluding carboxylic acids is 1. The highest BCUT2D eigenvalue weighted by atomic mass is 19.4. The molecule has 0 saturated carbocycles.